The van der Waals surface area contributed by atoms with Crippen LogP contribution >= 0.6 is 11.3 Å². The lowest BCUT2D eigenvalue weighted by Gasteiger charge is -2.04. The van der Waals surface area contributed by atoms with E-state index >= 15 is 0 Å². The number of rotatable bonds is 7. The van der Waals surface area contributed by atoms with Gasteiger partial charge in [0.05, 0.1) is 5.69 Å². The zero-order valence-electron chi connectivity index (χ0n) is 12.6. The molecule has 1 aromatic heterocycles. The first-order chi connectivity index (χ1) is 11.3. The molecule has 2 aromatic carbocycles. The molecule has 1 atom stereocenters. The summed E-state index contributed by atoms with van der Waals surface area (Å²) in [7, 11) is -0.859. The average Bonchev–Trinajstić information content (AvgIpc) is 3.05. The van der Waals surface area contributed by atoms with E-state index in [9.17, 15) is 4.21 Å². The molecule has 1 heterocycles. The molecule has 1 N–H and O–H groups in total. The number of nitrogens with one attached hydrogen (secondary N) is 1. The maximum atomic E-state index is 12.1. The molecule has 3 nitrogen and oxygen atoms in total. The van der Waals surface area contributed by atoms with Crippen molar-refractivity contribution < 1.29 is 4.21 Å². The predicted molar refractivity (Wildman–Crippen MR) is 99.2 cm³/mol. The van der Waals surface area contributed by atoms with Crippen LogP contribution in [-0.4, -0.2) is 21.5 Å². The summed E-state index contributed by atoms with van der Waals surface area (Å²) in [6.45, 7) is 0.668. The third kappa shape index (κ3) is 4.74. The number of hydrogen-bond acceptors (Lipinski definition) is 4. The molecule has 0 spiro atoms. The molecule has 0 amide bonds. The summed E-state index contributed by atoms with van der Waals surface area (Å²) in [5.74, 6) is 1.23. The van der Waals surface area contributed by atoms with Gasteiger partial charge in [-0.15, -0.1) is 11.3 Å². The van der Waals surface area contributed by atoms with Gasteiger partial charge in [0.1, 0.15) is 0 Å². The van der Waals surface area contributed by atoms with Crippen LogP contribution in [0.5, 0.6) is 0 Å². The zero-order chi connectivity index (χ0) is 15.9. The van der Waals surface area contributed by atoms with Gasteiger partial charge in [0, 0.05) is 39.8 Å². The van der Waals surface area contributed by atoms with Crippen molar-refractivity contribution in [2.75, 3.05) is 17.6 Å². The van der Waals surface area contributed by atoms with Gasteiger partial charge in [-0.25, -0.2) is 4.98 Å². The predicted octanol–water partition coefficient (Wildman–Crippen LogP) is 4.17. The van der Waals surface area contributed by atoms with Crippen molar-refractivity contribution in [3.63, 3.8) is 0 Å². The molecule has 3 rings (SSSR count). The Morgan fingerprint density at radius 1 is 1.00 bits per heavy atom. The third-order valence-electron chi connectivity index (χ3n) is 3.35. The smallest absolute Gasteiger partial charge is 0.183 e. The monoisotopic (exact) mass is 342 g/mol. The lowest BCUT2D eigenvalue weighted by Crippen LogP contribution is -2.12. The van der Waals surface area contributed by atoms with Crippen molar-refractivity contribution in [2.45, 2.75) is 5.75 Å². The number of aromatic nitrogens is 1. The molecule has 5 heteroatoms. The molecular formula is C18H18N2OS2. The topological polar surface area (TPSA) is 42.0 Å². The standard InChI is InChI=1S/C18H18N2OS2/c21-23(14-15-7-3-1-4-8-15)12-11-19-18-20-17(13-22-18)16-9-5-2-6-10-16/h1-10,13H,11-12,14H2,(H,19,20). The fourth-order valence-corrected chi connectivity index (χ4v) is 3.99. The van der Waals surface area contributed by atoms with Gasteiger partial charge in [0.15, 0.2) is 5.13 Å². The van der Waals surface area contributed by atoms with Crippen LogP contribution in [-0.2, 0) is 16.6 Å². The van der Waals surface area contributed by atoms with E-state index in [1.165, 1.54) is 0 Å². The summed E-state index contributed by atoms with van der Waals surface area (Å²) in [6, 6.07) is 20.1. The van der Waals surface area contributed by atoms with Gasteiger partial charge in [0.25, 0.3) is 0 Å². The zero-order valence-corrected chi connectivity index (χ0v) is 14.3. The van der Waals surface area contributed by atoms with Gasteiger partial charge >= 0.3 is 0 Å². The second-order valence-electron chi connectivity index (χ2n) is 5.10. The molecule has 1 unspecified atom stereocenters. The Morgan fingerprint density at radius 2 is 1.70 bits per heavy atom. The van der Waals surface area contributed by atoms with E-state index < -0.39 is 10.8 Å². The van der Waals surface area contributed by atoms with Crippen LogP contribution in [0.1, 0.15) is 5.56 Å². The Balaban J connectivity index is 1.48. The van der Waals surface area contributed by atoms with Crippen LogP contribution in [0.15, 0.2) is 66.0 Å². The third-order valence-corrected chi connectivity index (χ3v) is 5.46. The summed E-state index contributed by atoms with van der Waals surface area (Å²) in [4.78, 5) is 4.57. The highest BCUT2D eigenvalue weighted by molar-refractivity contribution is 7.84. The number of hydrogen-bond donors (Lipinski definition) is 1. The summed E-state index contributed by atoms with van der Waals surface area (Å²) < 4.78 is 12.1. The maximum Gasteiger partial charge on any atom is 0.183 e. The Bertz CT molecular complexity index is 757. The second kappa shape index (κ2) is 8.04. The normalized spacial score (nSPS) is 12.0. The van der Waals surface area contributed by atoms with Crippen LogP contribution in [0, 0.1) is 0 Å². The lowest BCUT2D eigenvalue weighted by atomic mass is 10.2. The molecular weight excluding hydrogens is 324 g/mol. The van der Waals surface area contributed by atoms with E-state index in [4.69, 9.17) is 0 Å². The van der Waals surface area contributed by atoms with Crippen LogP contribution in [0.3, 0.4) is 0 Å². The van der Waals surface area contributed by atoms with Gasteiger partial charge in [-0.2, -0.15) is 0 Å². The van der Waals surface area contributed by atoms with Crippen molar-refractivity contribution in [1.82, 2.24) is 4.98 Å². The first-order valence-electron chi connectivity index (χ1n) is 7.45. The van der Waals surface area contributed by atoms with Crippen LogP contribution < -0.4 is 5.32 Å². The van der Waals surface area contributed by atoms with Crippen molar-refractivity contribution in [1.29, 1.82) is 0 Å². The second-order valence-corrected chi connectivity index (χ2v) is 7.54. The molecule has 0 fully saturated rings. The number of benzene rings is 2. The summed E-state index contributed by atoms with van der Waals surface area (Å²) in [6.07, 6.45) is 0. The Morgan fingerprint density at radius 3 is 2.43 bits per heavy atom. The molecule has 0 aliphatic heterocycles. The summed E-state index contributed by atoms with van der Waals surface area (Å²) in [5, 5.41) is 6.18. The van der Waals surface area contributed by atoms with E-state index in [0.29, 0.717) is 18.1 Å². The van der Waals surface area contributed by atoms with E-state index in [2.05, 4.69) is 10.3 Å². The minimum Gasteiger partial charge on any atom is -0.361 e. The molecule has 0 saturated heterocycles. The molecule has 118 valence electrons. The van der Waals surface area contributed by atoms with Crippen LogP contribution in [0.25, 0.3) is 11.3 Å². The summed E-state index contributed by atoms with van der Waals surface area (Å²) >= 11 is 1.58. The SMILES string of the molecule is O=S(CCNc1nc(-c2ccccc2)cs1)Cc1ccccc1. The maximum absolute atomic E-state index is 12.1. The highest BCUT2D eigenvalue weighted by Crippen LogP contribution is 2.24. The summed E-state index contributed by atoms with van der Waals surface area (Å²) in [5.41, 5.74) is 3.21. The first kappa shape index (κ1) is 15.9. The van der Waals surface area contributed by atoms with Crippen molar-refractivity contribution in [3.05, 3.63) is 71.6 Å². The Labute approximate surface area is 142 Å². The van der Waals surface area contributed by atoms with E-state index in [-0.39, 0.29) is 0 Å². The minimum atomic E-state index is -0.859. The molecule has 3 aromatic rings. The fraction of sp³-hybridized carbons (Fsp3) is 0.167. The van der Waals surface area contributed by atoms with Crippen molar-refractivity contribution >= 4 is 27.3 Å². The van der Waals surface area contributed by atoms with Gasteiger partial charge in [-0.3, -0.25) is 4.21 Å². The van der Waals surface area contributed by atoms with Crippen molar-refractivity contribution in [2.24, 2.45) is 0 Å². The molecule has 0 radical (unpaired) electrons. The van der Waals surface area contributed by atoms with E-state index in [1.54, 1.807) is 11.3 Å². The molecule has 0 aliphatic carbocycles. The lowest BCUT2D eigenvalue weighted by molar-refractivity contribution is 0.682. The molecule has 0 saturated carbocycles. The van der Waals surface area contributed by atoms with E-state index in [0.717, 1.165) is 22.0 Å². The van der Waals surface area contributed by atoms with Gasteiger partial charge in [-0.05, 0) is 5.56 Å². The average molecular weight is 342 g/mol. The molecule has 0 bridgehead atoms. The highest BCUT2D eigenvalue weighted by atomic mass is 32.2. The number of nitrogens with zero attached hydrogens (tertiary/aromatic N) is 1. The van der Waals surface area contributed by atoms with Crippen LogP contribution in [0.4, 0.5) is 5.13 Å². The van der Waals surface area contributed by atoms with Crippen LogP contribution in [0.2, 0.25) is 0 Å². The van der Waals surface area contributed by atoms with Gasteiger partial charge in [0.2, 0.25) is 0 Å². The molecule has 0 aliphatic rings. The fourth-order valence-electron chi connectivity index (χ4n) is 2.20. The van der Waals surface area contributed by atoms with Gasteiger partial charge in [-0.1, -0.05) is 60.7 Å². The highest BCUT2D eigenvalue weighted by Gasteiger charge is 2.05. The van der Waals surface area contributed by atoms with Crippen molar-refractivity contribution in [3.8, 4) is 11.3 Å². The molecule has 23 heavy (non-hydrogen) atoms. The number of thiazole rings is 1. The van der Waals surface area contributed by atoms with E-state index in [1.807, 2.05) is 66.0 Å². The Kier molecular flexibility index (Phi) is 5.56. The largest absolute Gasteiger partial charge is 0.361 e. The van der Waals surface area contributed by atoms with Gasteiger partial charge < -0.3 is 5.32 Å². The number of anilines is 1. The Hall–Kier alpha value is -1.98. The first-order valence-corrected chi connectivity index (χ1v) is 9.82. The minimum absolute atomic E-state index is 0.607. The quantitative estimate of drug-likeness (QED) is 0.701.